The lowest BCUT2D eigenvalue weighted by Crippen LogP contribution is -2.34. The van der Waals surface area contributed by atoms with Crippen molar-refractivity contribution in [3.8, 4) is 23.5 Å². The molecule has 4 rings (SSSR count). The van der Waals surface area contributed by atoms with Gasteiger partial charge in [0.1, 0.15) is 5.82 Å². The number of urea groups is 1. The fourth-order valence-electron chi connectivity index (χ4n) is 3.20. The highest BCUT2D eigenvalue weighted by Gasteiger charge is 2.15. The molecule has 4 N–H and O–H groups in total. The summed E-state index contributed by atoms with van der Waals surface area (Å²) >= 11 is 1.25. The van der Waals surface area contributed by atoms with Gasteiger partial charge >= 0.3 is 6.03 Å². The Labute approximate surface area is 181 Å². The molecule has 0 aliphatic carbocycles. The van der Waals surface area contributed by atoms with Crippen LogP contribution in [0.4, 0.5) is 10.6 Å². The van der Waals surface area contributed by atoms with E-state index in [9.17, 15) is 14.7 Å². The lowest BCUT2D eigenvalue weighted by molar-refractivity contribution is 0.225. The van der Waals surface area contributed by atoms with Crippen LogP contribution >= 0.6 is 11.3 Å². The molecule has 154 valence electrons. The number of terminal acetylenes is 1. The van der Waals surface area contributed by atoms with Crippen molar-refractivity contribution < 1.29 is 9.90 Å². The Balaban J connectivity index is 1.53. The number of nitrogens with one attached hydrogen (secondary N) is 3. The van der Waals surface area contributed by atoms with Gasteiger partial charge in [-0.25, -0.2) is 14.8 Å². The van der Waals surface area contributed by atoms with Gasteiger partial charge < -0.3 is 15.4 Å². The largest absolute Gasteiger partial charge is 0.394 e. The summed E-state index contributed by atoms with van der Waals surface area (Å²) in [6, 6.07) is 11.6. The third-order valence-corrected chi connectivity index (χ3v) is 5.42. The first kappa shape index (κ1) is 20.3. The van der Waals surface area contributed by atoms with Crippen LogP contribution in [0.2, 0.25) is 0 Å². The maximum atomic E-state index is 12.3. The lowest BCUT2D eigenvalue weighted by atomic mass is 9.98. The van der Waals surface area contributed by atoms with E-state index < -0.39 is 12.1 Å². The Morgan fingerprint density at radius 3 is 2.77 bits per heavy atom. The van der Waals surface area contributed by atoms with Crippen LogP contribution in [-0.4, -0.2) is 32.7 Å². The van der Waals surface area contributed by atoms with E-state index in [2.05, 4.69) is 31.5 Å². The number of benzene rings is 2. The lowest BCUT2D eigenvalue weighted by Gasteiger charge is -2.17. The summed E-state index contributed by atoms with van der Waals surface area (Å²) in [6.45, 7) is -0.294. The normalized spacial score (nSPS) is 11.6. The van der Waals surface area contributed by atoms with Crippen LogP contribution < -0.4 is 16.2 Å². The Kier molecular flexibility index (Phi) is 5.75. The number of rotatable bonds is 5. The number of nitrogens with zero attached hydrogens (tertiary/aromatic N) is 2. The number of aromatic amines is 1. The molecule has 2 aromatic carbocycles. The zero-order chi connectivity index (χ0) is 21.8. The standard InChI is InChI=1S/C22H17N5O3S/c1-2-19-26-18(11-31-19)27-22(30)25-17(10-28)14-8-6-13(7-9-14)15-4-3-5-16-20(15)21(29)24-12-23-16/h1,3-9,11-12,17,28H,10H2,(H,23,24,29)(H2,25,27,30). The first-order valence-electron chi connectivity index (χ1n) is 9.26. The Morgan fingerprint density at radius 1 is 1.26 bits per heavy atom. The molecule has 1 unspecified atom stereocenters. The molecule has 0 aliphatic heterocycles. The summed E-state index contributed by atoms with van der Waals surface area (Å²) in [5.41, 5.74) is 2.66. The van der Waals surface area contributed by atoms with Gasteiger partial charge in [0, 0.05) is 5.38 Å². The van der Waals surface area contributed by atoms with Crippen molar-refractivity contribution in [3.63, 3.8) is 0 Å². The number of hydrogen-bond donors (Lipinski definition) is 4. The molecule has 0 saturated heterocycles. The highest BCUT2D eigenvalue weighted by Crippen LogP contribution is 2.26. The predicted octanol–water partition coefficient (Wildman–Crippen LogP) is 2.88. The van der Waals surface area contributed by atoms with E-state index in [4.69, 9.17) is 6.42 Å². The molecule has 9 heteroatoms. The number of amides is 2. The van der Waals surface area contributed by atoms with Gasteiger partial charge in [0.2, 0.25) is 0 Å². The zero-order valence-corrected chi connectivity index (χ0v) is 16.9. The summed E-state index contributed by atoms with van der Waals surface area (Å²) in [5.74, 6) is 2.75. The van der Waals surface area contributed by atoms with Crippen LogP contribution in [0.15, 0.2) is 59.0 Å². The summed E-state index contributed by atoms with van der Waals surface area (Å²) in [6.07, 6.45) is 6.65. The number of thiazole rings is 1. The zero-order valence-electron chi connectivity index (χ0n) is 16.1. The van der Waals surface area contributed by atoms with Gasteiger partial charge in [0.25, 0.3) is 5.56 Å². The molecule has 0 saturated carbocycles. The van der Waals surface area contributed by atoms with E-state index in [1.54, 1.807) is 23.6 Å². The first-order valence-corrected chi connectivity index (χ1v) is 10.1. The van der Waals surface area contributed by atoms with Crippen molar-refractivity contribution in [3.05, 3.63) is 75.1 Å². The minimum Gasteiger partial charge on any atom is -0.394 e. The Bertz CT molecular complexity index is 1330. The van der Waals surface area contributed by atoms with Crippen LogP contribution in [0.1, 0.15) is 16.6 Å². The molecule has 0 radical (unpaired) electrons. The molecule has 2 amide bonds. The van der Waals surface area contributed by atoms with Crippen LogP contribution in [0.3, 0.4) is 0 Å². The SMILES string of the molecule is C#Cc1nc(NC(=O)NC(CO)c2ccc(-c3cccc4nc[nH]c(=O)c34)cc2)cs1. The molecule has 2 aromatic heterocycles. The van der Waals surface area contributed by atoms with E-state index in [0.29, 0.717) is 27.3 Å². The number of anilines is 1. The minimum atomic E-state index is -0.627. The van der Waals surface area contributed by atoms with Crippen molar-refractivity contribution in [1.29, 1.82) is 0 Å². The monoisotopic (exact) mass is 431 g/mol. The van der Waals surface area contributed by atoms with E-state index in [1.807, 2.05) is 24.3 Å². The second-order valence-electron chi connectivity index (χ2n) is 6.57. The summed E-state index contributed by atoms with van der Waals surface area (Å²) < 4.78 is 0. The number of fused-ring (bicyclic) bond motifs is 1. The van der Waals surface area contributed by atoms with Gasteiger partial charge in [0.15, 0.2) is 5.01 Å². The maximum Gasteiger partial charge on any atom is 0.320 e. The number of aliphatic hydroxyl groups is 1. The quantitative estimate of drug-likeness (QED) is 0.362. The molecule has 0 fully saturated rings. The molecular formula is C22H17N5O3S. The van der Waals surface area contributed by atoms with E-state index in [-0.39, 0.29) is 12.2 Å². The van der Waals surface area contributed by atoms with Gasteiger partial charge in [-0.3, -0.25) is 10.1 Å². The molecule has 8 nitrogen and oxygen atoms in total. The molecule has 2 heterocycles. The van der Waals surface area contributed by atoms with E-state index in [1.165, 1.54) is 17.7 Å². The molecule has 0 bridgehead atoms. The Hall–Kier alpha value is -4.00. The second kappa shape index (κ2) is 8.79. The van der Waals surface area contributed by atoms with Crippen molar-refractivity contribution in [1.82, 2.24) is 20.3 Å². The molecule has 4 aromatic rings. The van der Waals surface area contributed by atoms with E-state index >= 15 is 0 Å². The minimum absolute atomic E-state index is 0.216. The first-order chi connectivity index (χ1) is 15.1. The predicted molar refractivity (Wildman–Crippen MR) is 120 cm³/mol. The average Bonchev–Trinajstić information content (AvgIpc) is 3.25. The fourth-order valence-corrected chi connectivity index (χ4v) is 3.75. The topological polar surface area (TPSA) is 120 Å². The van der Waals surface area contributed by atoms with Crippen molar-refractivity contribution >= 4 is 34.1 Å². The summed E-state index contributed by atoms with van der Waals surface area (Å²) in [5, 5.41) is 17.7. The number of hydrogen-bond acceptors (Lipinski definition) is 6. The van der Waals surface area contributed by atoms with Crippen molar-refractivity contribution in [2.24, 2.45) is 0 Å². The number of H-pyrrole nitrogens is 1. The molecule has 0 aliphatic rings. The second-order valence-corrected chi connectivity index (χ2v) is 7.43. The third-order valence-electron chi connectivity index (χ3n) is 4.65. The number of carbonyl (C=O) groups is 1. The molecule has 0 spiro atoms. The number of aliphatic hydroxyl groups excluding tert-OH is 1. The Morgan fingerprint density at radius 2 is 2.06 bits per heavy atom. The fraction of sp³-hybridized carbons (Fsp3) is 0.0909. The highest BCUT2D eigenvalue weighted by molar-refractivity contribution is 7.10. The van der Waals surface area contributed by atoms with Gasteiger partial charge in [-0.15, -0.1) is 17.8 Å². The van der Waals surface area contributed by atoms with Crippen LogP contribution in [0.25, 0.3) is 22.0 Å². The van der Waals surface area contributed by atoms with Gasteiger partial charge in [0.05, 0.1) is 29.9 Å². The van der Waals surface area contributed by atoms with Crippen LogP contribution in [0, 0.1) is 12.3 Å². The summed E-state index contributed by atoms with van der Waals surface area (Å²) in [4.78, 5) is 35.4. The van der Waals surface area contributed by atoms with Crippen molar-refractivity contribution in [2.45, 2.75) is 6.04 Å². The third kappa shape index (κ3) is 4.30. The molecule has 1 atom stereocenters. The van der Waals surface area contributed by atoms with Crippen LogP contribution in [-0.2, 0) is 0 Å². The molecule has 31 heavy (non-hydrogen) atoms. The average molecular weight is 431 g/mol. The van der Waals surface area contributed by atoms with Crippen LogP contribution in [0.5, 0.6) is 0 Å². The smallest absolute Gasteiger partial charge is 0.320 e. The highest BCUT2D eigenvalue weighted by atomic mass is 32.1. The van der Waals surface area contributed by atoms with Gasteiger partial charge in [-0.05, 0) is 28.7 Å². The molecular weight excluding hydrogens is 414 g/mol. The van der Waals surface area contributed by atoms with E-state index in [0.717, 1.165) is 11.1 Å². The van der Waals surface area contributed by atoms with Gasteiger partial charge in [-0.1, -0.05) is 36.4 Å². The number of aromatic nitrogens is 3. The summed E-state index contributed by atoms with van der Waals surface area (Å²) in [7, 11) is 0. The van der Waals surface area contributed by atoms with Crippen molar-refractivity contribution in [2.75, 3.05) is 11.9 Å². The number of carbonyl (C=O) groups excluding carboxylic acids is 1. The van der Waals surface area contributed by atoms with Gasteiger partial charge in [-0.2, -0.15) is 0 Å². The maximum absolute atomic E-state index is 12.3.